The number of amides is 1. The van der Waals surface area contributed by atoms with E-state index < -0.39 is 0 Å². The van der Waals surface area contributed by atoms with E-state index in [4.69, 9.17) is 10.8 Å². The highest BCUT2D eigenvalue weighted by molar-refractivity contribution is 5.96. The monoisotopic (exact) mass is 262 g/mol. The van der Waals surface area contributed by atoms with E-state index in [1.54, 1.807) is 0 Å². The summed E-state index contributed by atoms with van der Waals surface area (Å²) in [6.07, 6.45) is 0.789. The Hall–Kier alpha value is -2.57. The van der Waals surface area contributed by atoms with E-state index in [9.17, 15) is 4.79 Å². The van der Waals surface area contributed by atoms with Gasteiger partial charge in [0.2, 0.25) is 11.9 Å². The van der Waals surface area contributed by atoms with E-state index in [1.165, 1.54) is 12.5 Å². The first kappa shape index (κ1) is 14.5. The number of hydrazine groups is 1. The lowest BCUT2D eigenvalue weighted by molar-refractivity contribution is -0.119. The van der Waals surface area contributed by atoms with Crippen LogP contribution in [0.25, 0.3) is 0 Å². The maximum atomic E-state index is 10.6. The van der Waals surface area contributed by atoms with Gasteiger partial charge in [0, 0.05) is 13.5 Å². The predicted octanol–water partition coefficient (Wildman–Crippen LogP) is -0.0815. The standard InChI is InChI=1S/C12H18N6O/c1-9(19)17-18-12(14)16-11(13)15-8-7-10-5-3-2-4-6-10/h2-6H,7-8H2,1H3,(H,17,19)(H5,13,14,15,16,18). The van der Waals surface area contributed by atoms with Gasteiger partial charge >= 0.3 is 0 Å². The molecular weight excluding hydrogens is 244 g/mol. The third-order valence-corrected chi connectivity index (χ3v) is 2.17. The molecule has 0 spiro atoms. The molecule has 0 aromatic heterocycles. The Morgan fingerprint density at radius 3 is 2.42 bits per heavy atom. The number of hydrogen-bond acceptors (Lipinski definition) is 3. The van der Waals surface area contributed by atoms with Crippen molar-refractivity contribution in [1.82, 2.24) is 21.5 Å². The summed E-state index contributed by atoms with van der Waals surface area (Å²) in [6, 6.07) is 9.91. The van der Waals surface area contributed by atoms with E-state index in [2.05, 4.69) is 21.5 Å². The third-order valence-electron chi connectivity index (χ3n) is 2.17. The number of guanidine groups is 2. The molecule has 1 amide bonds. The molecule has 0 aliphatic heterocycles. The van der Waals surface area contributed by atoms with Gasteiger partial charge in [0.25, 0.3) is 0 Å². The van der Waals surface area contributed by atoms with Gasteiger partial charge in [-0.3, -0.25) is 31.8 Å². The van der Waals surface area contributed by atoms with Crippen LogP contribution in [0, 0.1) is 10.8 Å². The molecule has 0 heterocycles. The van der Waals surface area contributed by atoms with Crippen LogP contribution >= 0.6 is 0 Å². The third kappa shape index (κ3) is 6.67. The van der Waals surface area contributed by atoms with Crippen molar-refractivity contribution in [2.24, 2.45) is 0 Å². The van der Waals surface area contributed by atoms with E-state index in [0.717, 1.165) is 6.42 Å². The Bertz CT molecular complexity index is 445. The fourth-order valence-electron chi connectivity index (χ4n) is 1.33. The number of rotatable bonds is 3. The summed E-state index contributed by atoms with van der Waals surface area (Å²) in [5, 5.41) is 20.2. The van der Waals surface area contributed by atoms with Gasteiger partial charge in [-0.1, -0.05) is 30.3 Å². The topological polar surface area (TPSA) is 113 Å². The van der Waals surface area contributed by atoms with Gasteiger partial charge in [-0.25, -0.2) is 0 Å². The second kappa shape index (κ2) is 7.70. The van der Waals surface area contributed by atoms with Crippen LogP contribution in [0.15, 0.2) is 30.3 Å². The first-order valence-corrected chi connectivity index (χ1v) is 5.82. The highest BCUT2D eigenvalue weighted by Crippen LogP contribution is 1.97. The van der Waals surface area contributed by atoms with Gasteiger partial charge in [0.05, 0.1) is 0 Å². The maximum absolute atomic E-state index is 10.6. The maximum Gasteiger partial charge on any atom is 0.235 e. The molecule has 0 atom stereocenters. The molecule has 1 aromatic rings. The lowest BCUT2D eigenvalue weighted by atomic mass is 10.1. The zero-order chi connectivity index (χ0) is 14.1. The minimum Gasteiger partial charge on any atom is -0.356 e. The van der Waals surface area contributed by atoms with Crippen molar-refractivity contribution < 1.29 is 4.79 Å². The molecule has 0 unspecified atom stereocenters. The van der Waals surface area contributed by atoms with Gasteiger partial charge < -0.3 is 5.32 Å². The normalized spacial score (nSPS) is 9.32. The molecule has 0 radical (unpaired) electrons. The van der Waals surface area contributed by atoms with E-state index >= 15 is 0 Å². The smallest absolute Gasteiger partial charge is 0.235 e. The van der Waals surface area contributed by atoms with Crippen molar-refractivity contribution in [1.29, 1.82) is 10.8 Å². The minimum atomic E-state index is -0.310. The summed E-state index contributed by atoms with van der Waals surface area (Å²) in [6.45, 7) is 1.91. The average molecular weight is 262 g/mol. The van der Waals surface area contributed by atoms with Crippen LogP contribution in [0.4, 0.5) is 0 Å². The molecule has 6 N–H and O–H groups in total. The lowest BCUT2D eigenvalue weighted by Gasteiger charge is -2.12. The largest absolute Gasteiger partial charge is 0.356 e. The molecule has 0 saturated heterocycles. The van der Waals surface area contributed by atoms with Crippen molar-refractivity contribution >= 4 is 17.8 Å². The summed E-state index contributed by atoms with van der Waals surface area (Å²) < 4.78 is 0. The number of carbonyl (C=O) groups excluding carboxylic acids is 1. The number of hydrogen-bond donors (Lipinski definition) is 6. The zero-order valence-electron chi connectivity index (χ0n) is 10.7. The van der Waals surface area contributed by atoms with Crippen LogP contribution in [-0.2, 0) is 11.2 Å². The van der Waals surface area contributed by atoms with Crippen LogP contribution < -0.4 is 21.5 Å². The molecule has 19 heavy (non-hydrogen) atoms. The van der Waals surface area contributed by atoms with E-state index in [1.807, 2.05) is 30.3 Å². The van der Waals surface area contributed by atoms with Crippen molar-refractivity contribution in [3.63, 3.8) is 0 Å². The van der Waals surface area contributed by atoms with Crippen molar-refractivity contribution in [3.8, 4) is 0 Å². The van der Waals surface area contributed by atoms with Crippen molar-refractivity contribution in [3.05, 3.63) is 35.9 Å². The van der Waals surface area contributed by atoms with E-state index in [-0.39, 0.29) is 17.8 Å². The Morgan fingerprint density at radius 2 is 1.79 bits per heavy atom. The number of carbonyl (C=O) groups is 1. The quantitative estimate of drug-likeness (QED) is 0.260. The van der Waals surface area contributed by atoms with Crippen LogP contribution in [0.1, 0.15) is 12.5 Å². The summed E-state index contributed by atoms with van der Waals surface area (Å²) in [7, 11) is 0. The fourth-order valence-corrected chi connectivity index (χ4v) is 1.33. The molecule has 0 saturated carbocycles. The molecule has 7 nitrogen and oxygen atoms in total. The Morgan fingerprint density at radius 1 is 1.11 bits per heavy atom. The summed E-state index contributed by atoms with van der Waals surface area (Å²) >= 11 is 0. The highest BCUT2D eigenvalue weighted by atomic mass is 16.2. The average Bonchev–Trinajstić information content (AvgIpc) is 2.37. The van der Waals surface area contributed by atoms with Crippen LogP contribution in [0.2, 0.25) is 0 Å². The molecule has 102 valence electrons. The van der Waals surface area contributed by atoms with Gasteiger partial charge in [-0.2, -0.15) is 0 Å². The van der Waals surface area contributed by atoms with E-state index in [0.29, 0.717) is 6.54 Å². The summed E-state index contributed by atoms with van der Waals surface area (Å²) in [5.41, 5.74) is 5.72. The number of nitrogens with one attached hydrogen (secondary N) is 6. The predicted molar refractivity (Wildman–Crippen MR) is 73.7 cm³/mol. The van der Waals surface area contributed by atoms with Gasteiger partial charge in [-0.05, 0) is 12.0 Å². The van der Waals surface area contributed by atoms with Gasteiger partial charge in [0.1, 0.15) is 0 Å². The Kier molecular flexibility index (Phi) is 5.87. The lowest BCUT2D eigenvalue weighted by Crippen LogP contribution is -2.51. The summed E-state index contributed by atoms with van der Waals surface area (Å²) in [5.74, 6) is -0.485. The Balaban J connectivity index is 2.17. The number of benzene rings is 1. The zero-order valence-corrected chi connectivity index (χ0v) is 10.7. The van der Waals surface area contributed by atoms with Crippen LogP contribution in [0.5, 0.6) is 0 Å². The molecule has 0 fully saturated rings. The van der Waals surface area contributed by atoms with Crippen LogP contribution in [-0.4, -0.2) is 24.4 Å². The molecule has 1 rings (SSSR count). The van der Waals surface area contributed by atoms with Crippen LogP contribution in [0.3, 0.4) is 0 Å². The molecular formula is C12H18N6O. The molecule has 1 aromatic carbocycles. The SMILES string of the molecule is CC(=O)NNC(=N)NC(=N)NCCc1ccccc1. The Labute approximate surface area is 111 Å². The molecule has 0 aliphatic rings. The van der Waals surface area contributed by atoms with Crippen molar-refractivity contribution in [2.45, 2.75) is 13.3 Å². The van der Waals surface area contributed by atoms with Gasteiger partial charge in [0.15, 0.2) is 5.96 Å². The second-order valence-electron chi connectivity index (χ2n) is 3.84. The van der Waals surface area contributed by atoms with Crippen molar-refractivity contribution in [2.75, 3.05) is 6.54 Å². The summed E-state index contributed by atoms with van der Waals surface area (Å²) in [4.78, 5) is 10.6. The first-order chi connectivity index (χ1) is 9.08. The molecule has 7 heteroatoms. The first-order valence-electron chi connectivity index (χ1n) is 5.82. The fraction of sp³-hybridized carbons (Fsp3) is 0.250. The van der Waals surface area contributed by atoms with Gasteiger partial charge in [-0.15, -0.1) is 0 Å². The molecule has 0 aliphatic carbocycles. The minimum absolute atomic E-state index is 0.00113. The second-order valence-corrected chi connectivity index (χ2v) is 3.84. The molecule has 0 bridgehead atoms. The highest BCUT2D eigenvalue weighted by Gasteiger charge is 2.00.